The Labute approximate surface area is 414 Å². The van der Waals surface area contributed by atoms with Crippen molar-refractivity contribution in [2.75, 3.05) is 20.8 Å². The van der Waals surface area contributed by atoms with Crippen LogP contribution in [0.15, 0.2) is 59.7 Å². The summed E-state index contributed by atoms with van der Waals surface area (Å²) in [6.45, 7) is 15.0. The van der Waals surface area contributed by atoms with Crippen LogP contribution < -0.4 is 0 Å². The number of rotatable bonds is 6. The van der Waals surface area contributed by atoms with E-state index in [9.17, 15) is 39.3 Å². The molecule has 0 radical (unpaired) electrons. The van der Waals surface area contributed by atoms with Gasteiger partial charge in [-0.25, -0.2) is 4.79 Å². The molecule has 13 nitrogen and oxygen atoms in total. The number of carbonyl (C=O) groups excluding carboxylic acids is 5. The SMILES string of the molecule is COC1CC(CC(C)C2CC(=O)C(C)C=C(C)C(O)C(OC)C(=O)C(C)CC(C)C=CC=CC=C(C)C(c3ccc(C)s3)CC3CCC(C)C(O)(O3)C(=O)C(=O)N3CCCCC3C(=O)O2)CCC1O. The quantitative estimate of drug-likeness (QED) is 0.141. The number of thiophene rings is 1. The molecular formula is C55H81NO12S. The third-order valence-corrected chi connectivity index (χ3v) is 16.5. The summed E-state index contributed by atoms with van der Waals surface area (Å²) >= 11 is 1.67. The van der Waals surface area contributed by atoms with Gasteiger partial charge in [0, 0.05) is 60.6 Å². The molecule has 3 aliphatic heterocycles. The zero-order chi connectivity index (χ0) is 50.7. The van der Waals surface area contributed by atoms with Crippen LogP contribution in [0.4, 0.5) is 0 Å². The molecule has 14 heteroatoms. The lowest BCUT2D eigenvalue weighted by Crippen LogP contribution is -2.60. The molecule has 4 aliphatic rings. The third-order valence-electron chi connectivity index (χ3n) is 15.4. The minimum atomic E-state index is -2.42. The Morgan fingerprint density at radius 2 is 1.61 bits per heavy atom. The molecule has 1 aliphatic carbocycles. The number of esters is 1. The molecule has 384 valence electrons. The number of carbonyl (C=O) groups is 5. The Hall–Kier alpha value is -3.63. The van der Waals surface area contributed by atoms with Gasteiger partial charge in [-0.05, 0) is 127 Å². The lowest BCUT2D eigenvalue weighted by molar-refractivity contribution is -0.264. The van der Waals surface area contributed by atoms with E-state index in [1.807, 2.05) is 65.0 Å². The van der Waals surface area contributed by atoms with Crippen molar-refractivity contribution < 1.29 is 58.2 Å². The second-order valence-electron chi connectivity index (χ2n) is 20.9. The smallest absolute Gasteiger partial charge is 0.329 e. The Morgan fingerprint density at radius 3 is 2.29 bits per heavy atom. The highest BCUT2D eigenvalue weighted by Gasteiger charge is 2.53. The first-order valence-corrected chi connectivity index (χ1v) is 26.2. The number of hydrogen-bond donors (Lipinski definition) is 3. The van der Waals surface area contributed by atoms with E-state index in [4.69, 9.17) is 18.9 Å². The van der Waals surface area contributed by atoms with Gasteiger partial charge in [-0.3, -0.25) is 19.2 Å². The highest BCUT2D eigenvalue weighted by Crippen LogP contribution is 2.41. The number of methoxy groups -OCH3 is 2. The summed E-state index contributed by atoms with van der Waals surface area (Å²) in [6, 6.07) is 3.02. The number of ketones is 3. The number of nitrogens with zero attached hydrogens (tertiary/aromatic N) is 1. The number of hydrogen-bond acceptors (Lipinski definition) is 13. The summed E-state index contributed by atoms with van der Waals surface area (Å²) in [5, 5.41) is 34.2. The van der Waals surface area contributed by atoms with Crippen molar-refractivity contribution in [2.24, 2.45) is 35.5 Å². The van der Waals surface area contributed by atoms with Gasteiger partial charge in [-0.15, -0.1) is 11.3 Å². The van der Waals surface area contributed by atoms with E-state index in [0.29, 0.717) is 63.4 Å². The molecule has 69 heavy (non-hydrogen) atoms. The molecule has 0 spiro atoms. The Kier molecular flexibility index (Phi) is 20.9. The molecule has 0 aromatic carbocycles. The number of aryl methyl sites for hydroxylation is 1. The molecule has 15 atom stereocenters. The predicted molar refractivity (Wildman–Crippen MR) is 266 cm³/mol. The molecule has 4 heterocycles. The number of Topliss-reactive ketones (excluding diaryl/α,β-unsaturated/α-hetero) is 3. The Balaban J connectivity index is 1.50. The van der Waals surface area contributed by atoms with Gasteiger partial charge < -0.3 is 39.2 Å². The van der Waals surface area contributed by atoms with Crippen LogP contribution >= 0.6 is 11.3 Å². The second-order valence-corrected chi connectivity index (χ2v) is 22.2. The first kappa shape index (κ1) is 56.3. The third kappa shape index (κ3) is 14.5. The average Bonchev–Trinajstić information content (AvgIpc) is 3.76. The maximum atomic E-state index is 14.5. The van der Waals surface area contributed by atoms with Crippen LogP contribution in [0.1, 0.15) is 141 Å². The first-order valence-electron chi connectivity index (χ1n) is 25.4. The van der Waals surface area contributed by atoms with Gasteiger partial charge in [0.2, 0.25) is 5.79 Å². The van der Waals surface area contributed by atoms with Gasteiger partial charge in [0.15, 0.2) is 5.78 Å². The topological polar surface area (TPSA) is 186 Å². The van der Waals surface area contributed by atoms with Crippen LogP contribution in [0.25, 0.3) is 0 Å². The number of aliphatic hydroxyl groups excluding tert-OH is 2. The molecule has 1 amide bonds. The molecule has 2 saturated heterocycles. The zero-order valence-corrected chi connectivity index (χ0v) is 43.6. The second kappa shape index (κ2) is 25.7. The number of fused-ring (bicyclic) bond motifs is 3. The van der Waals surface area contributed by atoms with Crippen molar-refractivity contribution in [3.8, 4) is 0 Å². The first-order chi connectivity index (χ1) is 32.7. The van der Waals surface area contributed by atoms with Gasteiger partial charge in [-0.2, -0.15) is 0 Å². The fraction of sp³-hybridized carbons (Fsp3) is 0.691. The van der Waals surface area contributed by atoms with Crippen molar-refractivity contribution in [2.45, 2.75) is 187 Å². The van der Waals surface area contributed by atoms with Crippen LogP contribution in [0, 0.1) is 42.4 Å². The monoisotopic (exact) mass is 980 g/mol. The molecular weight excluding hydrogens is 899 g/mol. The highest BCUT2D eigenvalue weighted by atomic mass is 32.1. The standard InChI is InChI=1S/C55H81NO12S/c1-32-16-12-11-13-17-33(2)42(48-24-20-39(8)69-48)30-41-22-19-38(7)55(64,68-41)52(61)53(62)56-25-15-14-18-43(56)54(63)67-46(35(4)28-40-21-23-44(57)47(29-40)65-9)31-45(58)34(3)27-37(6)50(60)51(66-10)49(59)36(5)26-32/h11-13,16-17,20,24,27,32,34-36,38,40-44,46-47,50-51,57,60,64H,14-15,18-19,21-23,25-26,28-31H2,1-10H3. The van der Waals surface area contributed by atoms with Crippen molar-refractivity contribution in [1.29, 1.82) is 0 Å². The summed E-state index contributed by atoms with van der Waals surface area (Å²) in [5.41, 5.74) is 1.44. The fourth-order valence-electron chi connectivity index (χ4n) is 10.8. The largest absolute Gasteiger partial charge is 0.460 e. The van der Waals surface area contributed by atoms with E-state index in [-0.39, 0.29) is 60.7 Å². The molecule has 3 N–H and O–H groups in total. The van der Waals surface area contributed by atoms with Gasteiger partial charge in [0.25, 0.3) is 11.7 Å². The minimum absolute atomic E-state index is 0.0241. The van der Waals surface area contributed by atoms with Gasteiger partial charge >= 0.3 is 5.97 Å². The van der Waals surface area contributed by atoms with Gasteiger partial charge in [0.05, 0.1) is 18.3 Å². The van der Waals surface area contributed by atoms with Crippen molar-refractivity contribution in [1.82, 2.24) is 4.90 Å². The minimum Gasteiger partial charge on any atom is -0.460 e. The number of aliphatic hydroxyl groups is 3. The Morgan fingerprint density at radius 1 is 0.870 bits per heavy atom. The van der Waals surface area contributed by atoms with Crippen molar-refractivity contribution >= 4 is 40.6 Å². The summed E-state index contributed by atoms with van der Waals surface area (Å²) in [6.07, 6.45) is 12.3. The van der Waals surface area contributed by atoms with Crippen LogP contribution in [0.2, 0.25) is 0 Å². The van der Waals surface area contributed by atoms with E-state index in [1.165, 1.54) is 12.0 Å². The molecule has 1 aromatic rings. The van der Waals surface area contributed by atoms with Crippen LogP contribution in [0.5, 0.6) is 0 Å². The molecule has 5 rings (SSSR count). The van der Waals surface area contributed by atoms with Crippen LogP contribution in [0.3, 0.4) is 0 Å². The van der Waals surface area contributed by atoms with Crippen molar-refractivity contribution in [3.63, 3.8) is 0 Å². The van der Waals surface area contributed by atoms with Crippen molar-refractivity contribution in [3.05, 3.63) is 69.5 Å². The number of amides is 1. The molecule has 3 fully saturated rings. The maximum Gasteiger partial charge on any atom is 0.329 e. The molecule has 1 aromatic heterocycles. The molecule has 15 unspecified atom stereocenters. The number of cyclic esters (lactones) is 1. The summed E-state index contributed by atoms with van der Waals surface area (Å²) in [4.78, 5) is 74.8. The summed E-state index contributed by atoms with van der Waals surface area (Å²) in [5.74, 6) is -7.96. The van der Waals surface area contributed by atoms with E-state index in [2.05, 4.69) is 12.1 Å². The van der Waals surface area contributed by atoms with E-state index < -0.39 is 77.8 Å². The summed E-state index contributed by atoms with van der Waals surface area (Å²) < 4.78 is 23.9. The number of ether oxygens (including phenoxy) is 4. The summed E-state index contributed by atoms with van der Waals surface area (Å²) in [7, 11) is 2.96. The maximum absolute atomic E-state index is 14.5. The number of piperidine rings is 1. The average molecular weight is 980 g/mol. The van der Waals surface area contributed by atoms with E-state index in [0.717, 1.165) is 21.7 Å². The molecule has 1 saturated carbocycles. The van der Waals surface area contributed by atoms with Gasteiger partial charge in [-0.1, -0.05) is 76.6 Å². The highest BCUT2D eigenvalue weighted by molar-refractivity contribution is 7.12. The van der Waals surface area contributed by atoms with Gasteiger partial charge in [0.1, 0.15) is 30.1 Å². The van der Waals surface area contributed by atoms with Crippen LogP contribution in [-0.2, 0) is 42.9 Å². The predicted octanol–water partition coefficient (Wildman–Crippen LogP) is 8.32. The normalized spacial score (nSPS) is 36.3. The number of allylic oxidation sites excluding steroid dienone is 7. The van der Waals surface area contributed by atoms with E-state index in [1.54, 1.807) is 45.3 Å². The molecule has 2 bridgehead atoms. The lowest BCUT2D eigenvalue weighted by atomic mass is 9.78. The van der Waals surface area contributed by atoms with Crippen LogP contribution in [-0.4, -0.2) is 119 Å². The lowest BCUT2D eigenvalue weighted by Gasteiger charge is -2.43. The van der Waals surface area contributed by atoms with E-state index >= 15 is 0 Å². The zero-order valence-electron chi connectivity index (χ0n) is 42.8. The Bertz CT molecular complexity index is 2060. The fourth-order valence-corrected chi connectivity index (χ4v) is 11.9.